The second kappa shape index (κ2) is 7.88. The highest BCUT2D eigenvalue weighted by molar-refractivity contribution is 6.31. The van der Waals surface area contributed by atoms with E-state index in [9.17, 15) is 4.79 Å². The Morgan fingerprint density at radius 1 is 1.23 bits per heavy atom. The van der Waals surface area contributed by atoms with Gasteiger partial charge in [0.15, 0.2) is 5.69 Å². The zero-order valence-electron chi connectivity index (χ0n) is 11.9. The predicted molar refractivity (Wildman–Crippen MR) is 80.7 cm³/mol. The normalized spacial score (nSPS) is 10.7. The van der Waals surface area contributed by atoms with Crippen LogP contribution in [0.1, 0.15) is 16.1 Å². The van der Waals surface area contributed by atoms with E-state index in [1.165, 1.54) is 15.8 Å². The Kier molecular flexibility index (Phi) is 5.88. The monoisotopic (exact) mass is 324 g/mol. The molecule has 2 aromatic rings. The van der Waals surface area contributed by atoms with Crippen LogP contribution in [0.5, 0.6) is 0 Å². The Bertz CT molecular complexity index is 626. The topological polar surface area (TPSA) is 91.5 Å². The van der Waals surface area contributed by atoms with E-state index in [0.29, 0.717) is 11.6 Å². The smallest absolute Gasteiger partial charge is 0.276 e. The standard InChI is InChI=1S/C14H17ClN4O3/c15-12-4-2-1-3-11(12)9-19-10-13(16-17-19)14(22)18(5-7-20)6-8-21/h1-4,10,20-21H,5-9H2. The maximum atomic E-state index is 12.2. The number of aliphatic hydroxyl groups excluding tert-OH is 2. The van der Waals surface area contributed by atoms with Crippen molar-refractivity contribution in [2.45, 2.75) is 6.54 Å². The molecule has 0 fully saturated rings. The Morgan fingerprint density at radius 3 is 2.55 bits per heavy atom. The third-order valence-corrected chi connectivity index (χ3v) is 3.44. The van der Waals surface area contributed by atoms with Gasteiger partial charge >= 0.3 is 0 Å². The summed E-state index contributed by atoms with van der Waals surface area (Å²) in [6.45, 7) is 0.312. The van der Waals surface area contributed by atoms with E-state index in [0.717, 1.165) is 5.56 Å². The minimum atomic E-state index is -0.381. The molecule has 1 heterocycles. The van der Waals surface area contributed by atoms with Crippen molar-refractivity contribution in [2.75, 3.05) is 26.3 Å². The van der Waals surface area contributed by atoms with E-state index >= 15 is 0 Å². The fourth-order valence-electron chi connectivity index (χ4n) is 1.99. The molecule has 0 saturated heterocycles. The highest BCUT2D eigenvalue weighted by Crippen LogP contribution is 2.15. The van der Waals surface area contributed by atoms with E-state index < -0.39 is 0 Å². The van der Waals surface area contributed by atoms with Crippen LogP contribution >= 0.6 is 11.6 Å². The highest BCUT2D eigenvalue weighted by atomic mass is 35.5. The van der Waals surface area contributed by atoms with Crippen molar-refractivity contribution in [2.24, 2.45) is 0 Å². The lowest BCUT2D eigenvalue weighted by molar-refractivity contribution is 0.0679. The number of amides is 1. The summed E-state index contributed by atoms with van der Waals surface area (Å²) in [5.41, 5.74) is 1.03. The average Bonchev–Trinajstić information content (AvgIpc) is 2.97. The quantitative estimate of drug-likeness (QED) is 0.769. The molecule has 8 heteroatoms. The number of hydrogen-bond donors (Lipinski definition) is 2. The minimum Gasteiger partial charge on any atom is -0.395 e. The summed E-state index contributed by atoms with van der Waals surface area (Å²) in [7, 11) is 0. The van der Waals surface area contributed by atoms with E-state index in [1.54, 1.807) is 6.07 Å². The van der Waals surface area contributed by atoms with Gasteiger partial charge in [-0.2, -0.15) is 0 Å². The van der Waals surface area contributed by atoms with E-state index in [2.05, 4.69) is 10.3 Å². The maximum Gasteiger partial charge on any atom is 0.276 e. The molecule has 0 atom stereocenters. The highest BCUT2D eigenvalue weighted by Gasteiger charge is 2.18. The van der Waals surface area contributed by atoms with Crippen molar-refractivity contribution in [3.63, 3.8) is 0 Å². The molecule has 0 aliphatic heterocycles. The SMILES string of the molecule is O=C(c1cn(Cc2ccccc2Cl)nn1)N(CCO)CCO. The lowest BCUT2D eigenvalue weighted by Gasteiger charge is -2.18. The maximum absolute atomic E-state index is 12.2. The van der Waals surface area contributed by atoms with Gasteiger partial charge in [-0.25, -0.2) is 4.68 Å². The van der Waals surface area contributed by atoms with Crippen molar-refractivity contribution < 1.29 is 15.0 Å². The van der Waals surface area contributed by atoms with Crippen LogP contribution in [0.25, 0.3) is 0 Å². The van der Waals surface area contributed by atoms with Crippen LogP contribution in [-0.4, -0.2) is 62.3 Å². The van der Waals surface area contributed by atoms with Gasteiger partial charge in [0.2, 0.25) is 0 Å². The lowest BCUT2D eigenvalue weighted by Crippen LogP contribution is -2.36. The summed E-state index contributed by atoms with van der Waals surface area (Å²) in [4.78, 5) is 13.5. The van der Waals surface area contributed by atoms with Crippen molar-refractivity contribution >= 4 is 17.5 Å². The first-order chi connectivity index (χ1) is 10.7. The summed E-state index contributed by atoms with van der Waals surface area (Å²) < 4.78 is 1.52. The van der Waals surface area contributed by atoms with Crippen molar-refractivity contribution in [3.05, 3.63) is 46.7 Å². The lowest BCUT2D eigenvalue weighted by atomic mass is 10.2. The van der Waals surface area contributed by atoms with Gasteiger partial charge < -0.3 is 15.1 Å². The van der Waals surface area contributed by atoms with Crippen LogP contribution in [0.4, 0.5) is 0 Å². The Balaban J connectivity index is 2.10. The molecule has 1 amide bonds. The van der Waals surface area contributed by atoms with E-state index in [-0.39, 0.29) is 37.9 Å². The number of rotatable bonds is 7. The molecule has 1 aromatic heterocycles. The van der Waals surface area contributed by atoms with Gasteiger partial charge in [0.05, 0.1) is 26.0 Å². The van der Waals surface area contributed by atoms with Crippen molar-refractivity contribution in [1.82, 2.24) is 19.9 Å². The van der Waals surface area contributed by atoms with Gasteiger partial charge in [-0.15, -0.1) is 5.10 Å². The van der Waals surface area contributed by atoms with Gasteiger partial charge in [-0.1, -0.05) is 35.0 Å². The van der Waals surface area contributed by atoms with E-state index in [1.807, 2.05) is 18.2 Å². The van der Waals surface area contributed by atoms with Gasteiger partial charge in [0.1, 0.15) is 0 Å². The number of halogens is 1. The summed E-state index contributed by atoms with van der Waals surface area (Å²) in [6, 6.07) is 7.36. The minimum absolute atomic E-state index is 0.136. The molecule has 0 aliphatic carbocycles. The molecule has 0 bridgehead atoms. The first-order valence-electron chi connectivity index (χ1n) is 6.80. The Labute approximate surface area is 132 Å². The summed E-state index contributed by atoms with van der Waals surface area (Å²) in [5.74, 6) is -0.381. The van der Waals surface area contributed by atoms with Crippen LogP contribution in [-0.2, 0) is 6.54 Å². The number of hydrogen-bond acceptors (Lipinski definition) is 5. The number of aliphatic hydroxyl groups is 2. The molecule has 7 nitrogen and oxygen atoms in total. The van der Waals surface area contributed by atoms with Gasteiger partial charge in [0.25, 0.3) is 5.91 Å². The Morgan fingerprint density at radius 2 is 1.91 bits per heavy atom. The fourth-order valence-corrected chi connectivity index (χ4v) is 2.19. The molecule has 22 heavy (non-hydrogen) atoms. The van der Waals surface area contributed by atoms with Gasteiger partial charge in [-0.05, 0) is 11.6 Å². The third-order valence-electron chi connectivity index (χ3n) is 3.07. The summed E-state index contributed by atoms with van der Waals surface area (Å²) >= 11 is 6.08. The number of aromatic nitrogens is 3. The zero-order valence-corrected chi connectivity index (χ0v) is 12.6. The van der Waals surface area contributed by atoms with Gasteiger partial charge in [-0.3, -0.25) is 4.79 Å². The molecule has 0 spiro atoms. The van der Waals surface area contributed by atoms with Crippen LogP contribution < -0.4 is 0 Å². The van der Waals surface area contributed by atoms with Crippen LogP contribution in [0.2, 0.25) is 5.02 Å². The molecular formula is C14H17ClN4O3. The first-order valence-corrected chi connectivity index (χ1v) is 7.18. The largest absolute Gasteiger partial charge is 0.395 e. The summed E-state index contributed by atoms with van der Waals surface area (Å²) in [5, 5.41) is 26.3. The molecule has 0 radical (unpaired) electrons. The zero-order chi connectivity index (χ0) is 15.9. The number of carbonyl (C=O) groups is 1. The van der Waals surface area contributed by atoms with Gasteiger partial charge in [0, 0.05) is 18.1 Å². The predicted octanol–water partition coefficient (Wildman–Crippen LogP) is 0.407. The van der Waals surface area contributed by atoms with Crippen molar-refractivity contribution in [1.29, 1.82) is 0 Å². The number of benzene rings is 1. The molecule has 0 aliphatic rings. The van der Waals surface area contributed by atoms with Crippen LogP contribution in [0.15, 0.2) is 30.5 Å². The number of nitrogens with zero attached hydrogens (tertiary/aromatic N) is 4. The Hall–Kier alpha value is -1.96. The fraction of sp³-hybridized carbons (Fsp3) is 0.357. The van der Waals surface area contributed by atoms with Crippen LogP contribution in [0, 0.1) is 0 Å². The molecule has 0 unspecified atom stereocenters. The number of carbonyl (C=O) groups excluding carboxylic acids is 1. The summed E-state index contributed by atoms with van der Waals surface area (Å²) in [6.07, 6.45) is 1.52. The van der Waals surface area contributed by atoms with E-state index in [4.69, 9.17) is 21.8 Å². The first kappa shape index (κ1) is 16.4. The molecule has 2 rings (SSSR count). The molecule has 118 valence electrons. The molecule has 0 saturated carbocycles. The second-order valence-electron chi connectivity index (χ2n) is 4.63. The molecule has 1 aromatic carbocycles. The second-order valence-corrected chi connectivity index (χ2v) is 5.04. The van der Waals surface area contributed by atoms with Crippen LogP contribution in [0.3, 0.4) is 0 Å². The third kappa shape index (κ3) is 4.03. The molecular weight excluding hydrogens is 308 g/mol. The van der Waals surface area contributed by atoms with Crippen molar-refractivity contribution in [3.8, 4) is 0 Å². The average molecular weight is 325 g/mol. The molecule has 2 N–H and O–H groups in total.